The Balaban J connectivity index is 1.67. The van der Waals surface area contributed by atoms with Crippen molar-refractivity contribution in [2.24, 2.45) is 23.7 Å². The van der Waals surface area contributed by atoms with Crippen molar-refractivity contribution in [1.82, 2.24) is 4.90 Å². The molecular weight excluding hydrogens is 214 g/mol. The van der Waals surface area contributed by atoms with Gasteiger partial charge in [-0.05, 0) is 37.0 Å². The SMILES string of the molecule is C[C@@H]1CC2CN(C(=O)C3(C)CCO3)CC2[C@H]1C. The smallest absolute Gasteiger partial charge is 0.254 e. The Bertz CT molecular complexity index is 337. The van der Waals surface area contributed by atoms with E-state index in [1.165, 1.54) is 6.42 Å². The van der Waals surface area contributed by atoms with Crippen molar-refractivity contribution in [1.29, 1.82) is 0 Å². The fraction of sp³-hybridized carbons (Fsp3) is 0.929. The first kappa shape index (κ1) is 11.5. The normalized spacial score (nSPS) is 49.0. The zero-order valence-electron chi connectivity index (χ0n) is 11.1. The van der Waals surface area contributed by atoms with Crippen LogP contribution in [0.15, 0.2) is 0 Å². The number of carbonyl (C=O) groups is 1. The first-order chi connectivity index (χ1) is 8.01. The molecule has 3 rings (SSSR count). The summed E-state index contributed by atoms with van der Waals surface area (Å²) in [5.74, 6) is 3.31. The van der Waals surface area contributed by atoms with Crippen LogP contribution in [0.5, 0.6) is 0 Å². The number of hydrogen-bond acceptors (Lipinski definition) is 2. The average molecular weight is 237 g/mol. The van der Waals surface area contributed by atoms with Crippen LogP contribution in [0.3, 0.4) is 0 Å². The molecule has 17 heavy (non-hydrogen) atoms. The molecule has 1 amide bonds. The zero-order chi connectivity index (χ0) is 12.2. The highest BCUT2D eigenvalue weighted by atomic mass is 16.5. The lowest BCUT2D eigenvalue weighted by Crippen LogP contribution is -2.54. The lowest BCUT2D eigenvalue weighted by molar-refractivity contribution is -0.181. The standard InChI is InChI=1S/C14H23NO2/c1-9-6-11-7-15(8-12(11)10(9)2)13(16)14(3)4-5-17-14/h9-12H,4-8H2,1-3H3/t9-,10+,11?,12?,14?/m1/s1. The van der Waals surface area contributed by atoms with Crippen molar-refractivity contribution in [3.05, 3.63) is 0 Å². The molecule has 1 saturated carbocycles. The van der Waals surface area contributed by atoms with Crippen LogP contribution >= 0.6 is 0 Å². The van der Waals surface area contributed by atoms with Crippen LogP contribution in [-0.2, 0) is 9.53 Å². The summed E-state index contributed by atoms with van der Waals surface area (Å²) in [7, 11) is 0. The van der Waals surface area contributed by atoms with Crippen molar-refractivity contribution in [3.8, 4) is 0 Å². The van der Waals surface area contributed by atoms with E-state index in [4.69, 9.17) is 4.74 Å². The number of likely N-dealkylation sites (tertiary alicyclic amines) is 1. The van der Waals surface area contributed by atoms with Gasteiger partial charge in [-0.15, -0.1) is 0 Å². The van der Waals surface area contributed by atoms with E-state index in [-0.39, 0.29) is 5.91 Å². The van der Waals surface area contributed by atoms with Crippen LogP contribution in [0.25, 0.3) is 0 Å². The van der Waals surface area contributed by atoms with Crippen molar-refractivity contribution < 1.29 is 9.53 Å². The predicted molar refractivity (Wildman–Crippen MR) is 65.5 cm³/mol. The summed E-state index contributed by atoms with van der Waals surface area (Å²) >= 11 is 0. The van der Waals surface area contributed by atoms with Gasteiger partial charge in [0.25, 0.3) is 5.91 Å². The first-order valence-electron chi connectivity index (χ1n) is 6.94. The Morgan fingerprint density at radius 2 is 2.06 bits per heavy atom. The molecule has 2 aliphatic heterocycles. The highest BCUT2D eigenvalue weighted by Crippen LogP contribution is 2.46. The molecule has 96 valence electrons. The second-order valence-corrected chi connectivity index (χ2v) is 6.54. The summed E-state index contributed by atoms with van der Waals surface area (Å²) in [5, 5.41) is 0. The van der Waals surface area contributed by atoms with Gasteiger partial charge in [0.1, 0.15) is 5.60 Å². The maximum Gasteiger partial charge on any atom is 0.254 e. The highest BCUT2D eigenvalue weighted by molar-refractivity contribution is 5.86. The van der Waals surface area contributed by atoms with E-state index >= 15 is 0 Å². The molecule has 0 aromatic rings. The Morgan fingerprint density at radius 3 is 2.59 bits per heavy atom. The van der Waals surface area contributed by atoms with Crippen molar-refractivity contribution >= 4 is 5.91 Å². The number of nitrogens with zero attached hydrogens (tertiary/aromatic N) is 1. The van der Waals surface area contributed by atoms with Crippen molar-refractivity contribution in [2.75, 3.05) is 19.7 Å². The number of amides is 1. The number of carbonyl (C=O) groups excluding carboxylic acids is 1. The van der Waals surface area contributed by atoms with Gasteiger partial charge in [0.05, 0.1) is 6.61 Å². The van der Waals surface area contributed by atoms with E-state index in [1.54, 1.807) is 0 Å². The highest BCUT2D eigenvalue weighted by Gasteiger charge is 2.50. The van der Waals surface area contributed by atoms with E-state index in [0.29, 0.717) is 0 Å². The third-order valence-electron chi connectivity index (χ3n) is 5.48. The molecule has 0 radical (unpaired) electrons. The van der Waals surface area contributed by atoms with Crippen LogP contribution in [0, 0.1) is 23.7 Å². The van der Waals surface area contributed by atoms with Crippen LogP contribution in [-0.4, -0.2) is 36.1 Å². The topological polar surface area (TPSA) is 29.5 Å². The quantitative estimate of drug-likeness (QED) is 0.697. The van der Waals surface area contributed by atoms with Gasteiger partial charge in [-0.25, -0.2) is 0 Å². The maximum atomic E-state index is 12.4. The molecule has 0 spiro atoms. The number of rotatable bonds is 1. The zero-order valence-corrected chi connectivity index (χ0v) is 11.1. The third-order valence-corrected chi connectivity index (χ3v) is 5.48. The van der Waals surface area contributed by atoms with Gasteiger partial charge in [0.15, 0.2) is 0 Å². The fourth-order valence-electron chi connectivity index (χ4n) is 3.93. The van der Waals surface area contributed by atoms with Crippen molar-refractivity contribution in [2.45, 2.75) is 39.2 Å². The van der Waals surface area contributed by atoms with Gasteiger partial charge in [0.2, 0.25) is 0 Å². The summed E-state index contributed by atoms with van der Waals surface area (Å²) in [6.45, 7) is 9.33. The second kappa shape index (κ2) is 3.71. The molecule has 3 nitrogen and oxygen atoms in total. The summed E-state index contributed by atoms with van der Waals surface area (Å²) in [6, 6.07) is 0. The van der Waals surface area contributed by atoms with Crippen LogP contribution in [0.2, 0.25) is 0 Å². The summed E-state index contributed by atoms with van der Waals surface area (Å²) in [4.78, 5) is 14.4. The lowest BCUT2D eigenvalue weighted by atomic mass is 9.91. The largest absolute Gasteiger partial charge is 0.365 e. The first-order valence-corrected chi connectivity index (χ1v) is 6.94. The van der Waals surface area contributed by atoms with Gasteiger partial charge in [-0.2, -0.15) is 0 Å². The van der Waals surface area contributed by atoms with Gasteiger partial charge in [-0.1, -0.05) is 13.8 Å². The summed E-state index contributed by atoms with van der Waals surface area (Å²) in [6.07, 6.45) is 2.19. The molecule has 2 heterocycles. The van der Waals surface area contributed by atoms with Crippen LogP contribution in [0.4, 0.5) is 0 Å². The van der Waals surface area contributed by atoms with E-state index in [2.05, 4.69) is 18.7 Å². The molecule has 5 atom stereocenters. The minimum Gasteiger partial charge on any atom is -0.365 e. The molecule has 3 heteroatoms. The third kappa shape index (κ3) is 1.62. The Morgan fingerprint density at radius 1 is 1.35 bits per heavy atom. The van der Waals surface area contributed by atoms with Crippen molar-refractivity contribution in [3.63, 3.8) is 0 Å². The monoisotopic (exact) mass is 237 g/mol. The number of fused-ring (bicyclic) bond motifs is 1. The van der Waals surface area contributed by atoms with E-state index in [9.17, 15) is 4.79 Å². The summed E-state index contributed by atoms with van der Waals surface area (Å²) < 4.78 is 5.47. The minimum atomic E-state index is -0.493. The Hall–Kier alpha value is -0.570. The molecule has 0 aromatic heterocycles. The minimum absolute atomic E-state index is 0.234. The number of ether oxygens (including phenoxy) is 1. The molecule has 0 aromatic carbocycles. The summed E-state index contributed by atoms with van der Waals surface area (Å²) in [5.41, 5.74) is -0.493. The molecule has 0 N–H and O–H groups in total. The molecule has 3 aliphatic rings. The van der Waals surface area contributed by atoms with Crippen LogP contribution in [0.1, 0.15) is 33.6 Å². The van der Waals surface area contributed by atoms with Gasteiger partial charge in [-0.3, -0.25) is 4.79 Å². The Labute approximate surface area is 104 Å². The molecule has 3 unspecified atom stereocenters. The van der Waals surface area contributed by atoms with Gasteiger partial charge >= 0.3 is 0 Å². The molecule has 2 saturated heterocycles. The molecular formula is C14H23NO2. The van der Waals surface area contributed by atoms with E-state index in [0.717, 1.165) is 49.8 Å². The lowest BCUT2D eigenvalue weighted by Gasteiger charge is -2.40. The van der Waals surface area contributed by atoms with E-state index in [1.807, 2.05) is 6.92 Å². The van der Waals surface area contributed by atoms with Gasteiger partial charge < -0.3 is 9.64 Å². The van der Waals surface area contributed by atoms with Gasteiger partial charge in [0, 0.05) is 19.5 Å². The fourth-order valence-corrected chi connectivity index (χ4v) is 3.93. The molecule has 1 aliphatic carbocycles. The van der Waals surface area contributed by atoms with Crippen LogP contribution < -0.4 is 0 Å². The molecule has 3 fully saturated rings. The average Bonchev–Trinajstić information content (AvgIpc) is 2.76. The Kier molecular flexibility index (Phi) is 2.51. The second-order valence-electron chi connectivity index (χ2n) is 6.54. The van der Waals surface area contributed by atoms with E-state index < -0.39 is 5.60 Å². The number of hydrogen-bond donors (Lipinski definition) is 0. The maximum absolute atomic E-state index is 12.4. The molecule has 0 bridgehead atoms. The predicted octanol–water partition coefficient (Wildman–Crippen LogP) is 1.92.